The molecule has 9 heteroatoms. The van der Waals surface area contributed by atoms with Gasteiger partial charge in [0.05, 0.1) is 4.90 Å². The van der Waals surface area contributed by atoms with Crippen LogP contribution in [0.3, 0.4) is 0 Å². The molecule has 184 valence electrons. The van der Waals surface area contributed by atoms with Crippen LogP contribution in [0.15, 0.2) is 83.8 Å². The van der Waals surface area contributed by atoms with E-state index >= 15 is 0 Å². The Bertz CT molecular complexity index is 1250. The second-order valence-electron chi connectivity index (χ2n) is 7.82. The Morgan fingerprint density at radius 3 is 2.11 bits per heavy atom. The fourth-order valence-electron chi connectivity index (χ4n) is 3.66. The van der Waals surface area contributed by atoms with Gasteiger partial charge in [0.25, 0.3) is 5.91 Å². The lowest BCUT2D eigenvalue weighted by atomic mass is 10.0. The van der Waals surface area contributed by atoms with Crippen molar-refractivity contribution in [3.63, 3.8) is 0 Å². The smallest absolute Gasteiger partial charge is 0.254 e. The van der Waals surface area contributed by atoms with Crippen LogP contribution in [0.5, 0.6) is 0 Å². The van der Waals surface area contributed by atoms with E-state index in [1.165, 1.54) is 53.4 Å². The maximum absolute atomic E-state index is 13.4. The molecule has 0 aliphatic carbocycles. The van der Waals surface area contributed by atoms with E-state index in [2.05, 4.69) is 10.0 Å². The molecule has 7 nitrogen and oxygen atoms in total. The minimum Gasteiger partial charge on any atom is -0.327 e. The number of amides is 2. The molecule has 0 aliphatic heterocycles. The zero-order chi connectivity index (χ0) is 25.4. The zero-order valence-electron chi connectivity index (χ0n) is 19.6. The fourth-order valence-corrected chi connectivity index (χ4v) is 4.70. The summed E-state index contributed by atoms with van der Waals surface area (Å²) >= 11 is 0. The quantitative estimate of drug-likeness (QED) is 0.445. The third-order valence-electron chi connectivity index (χ3n) is 5.41. The molecule has 0 bridgehead atoms. The van der Waals surface area contributed by atoms with Crippen LogP contribution in [-0.2, 0) is 21.2 Å². The van der Waals surface area contributed by atoms with Gasteiger partial charge in [-0.1, -0.05) is 37.3 Å². The van der Waals surface area contributed by atoms with Crippen molar-refractivity contribution >= 4 is 27.5 Å². The second-order valence-corrected chi connectivity index (χ2v) is 9.59. The van der Waals surface area contributed by atoms with E-state index in [1.54, 1.807) is 13.8 Å². The molecule has 0 heterocycles. The van der Waals surface area contributed by atoms with Gasteiger partial charge < -0.3 is 10.2 Å². The average Bonchev–Trinajstić information content (AvgIpc) is 2.85. The van der Waals surface area contributed by atoms with Gasteiger partial charge in [-0.2, -0.15) is 0 Å². The normalized spacial score (nSPS) is 12.1. The molecular weight excluding hydrogens is 469 g/mol. The van der Waals surface area contributed by atoms with Crippen LogP contribution in [0.1, 0.15) is 29.8 Å². The molecule has 0 aromatic heterocycles. The molecular formula is C26H28FN3O4S. The summed E-state index contributed by atoms with van der Waals surface area (Å²) in [6, 6.07) is 19.5. The molecule has 3 aromatic rings. The molecule has 0 aliphatic rings. The third-order valence-corrected chi connectivity index (χ3v) is 6.97. The summed E-state index contributed by atoms with van der Waals surface area (Å²) in [4.78, 5) is 28.2. The van der Waals surface area contributed by atoms with Gasteiger partial charge in [-0.15, -0.1) is 0 Å². The highest BCUT2D eigenvalue weighted by atomic mass is 32.2. The van der Waals surface area contributed by atoms with Gasteiger partial charge in [0.15, 0.2) is 0 Å². The van der Waals surface area contributed by atoms with Crippen LogP contribution in [0.2, 0.25) is 0 Å². The molecule has 0 radical (unpaired) electrons. The highest BCUT2D eigenvalue weighted by Crippen LogP contribution is 2.18. The van der Waals surface area contributed by atoms with Crippen molar-refractivity contribution in [1.82, 2.24) is 9.62 Å². The van der Waals surface area contributed by atoms with Crippen LogP contribution in [0.4, 0.5) is 10.1 Å². The summed E-state index contributed by atoms with van der Waals surface area (Å²) in [7, 11) is -3.62. The molecule has 35 heavy (non-hydrogen) atoms. The molecule has 3 aromatic carbocycles. The number of nitrogens with zero attached hydrogens (tertiary/aromatic N) is 1. The van der Waals surface area contributed by atoms with Gasteiger partial charge in [0.2, 0.25) is 15.9 Å². The van der Waals surface area contributed by atoms with E-state index in [4.69, 9.17) is 0 Å². The van der Waals surface area contributed by atoms with Crippen molar-refractivity contribution in [2.24, 2.45) is 0 Å². The van der Waals surface area contributed by atoms with E-state index in [0.29, 0.717) is 5.69 Å². The van der Waals surface area contributed by atoms with E-state index in [1.807, 2.05) is 30.3 Å². The number of likely N-dealkylation sites (N-methyl/N-ethyl adjacent to an activating group) is 1. The Hall–Kier alpha value is -3.56. The number of hydrogen-bond donors (Lipinski definition) is 2. The minimum absolute atomic E-state index is 0.0832. The lowest BCUT2D eigenvalue weighted by Crippen LogP contribution is -2.48. The average molecular weight is 498 g/mol. The standard InChI is InChI=1S/C26H28FN3O4S/c1-3-28-35(33,34)23-16-14-22(15-17-23)29-25(31)24(18-19-8-6-5-7-9-19)30(4-2)26(32)20-10-12-21(27)13-11-20/h5-17,24,28H,3-4,18H2,1-2H3,(H,29,31)/t24-/m0/s1. The first-order chi connectivity index (χ1) is 16.7. The van der Waals surface area contributed by atoms with Crippen LogP contribution in [0, 0.1) is 5.82 Å². The second kappa shape index (κ2) is 11.7. The van der Waals surface area contributed by atoms with E-state index < -0.39 is 33.7 Å². The third kappa shape index (κ3) is 6.74. The van der Waals surface area contributed by atoms with E-state index in [0.717, 1.165) is 5.56 Å². The van der Waals surface area contributed by atoms with Crippen molar-refractivity contribution in [3.05, 3.63) is 95.8 Å². The van der Waals surface area contributed by atoms with Crippen LogP contribution in [0.25, 0.3) is 0 Å². The van der Waals surface area contributed by atoms with Gasteiger partial charge in [-0.05, 0) is 61.0 Å². The summed E-state index contributed by atoms with van der Waals surface area (Å²) in [6.07, 6.45) is 0.264. The number of hydrogen-bond acceptors (Lipinski definition) is 4. The summed E-state index contributed by atoms with van der Waals surface area (Å²) < 4.78 is 40.1. The molecule has 2 N–H and O–H groups in total. The number of carbonyl (C=O) groups is 2. The lowest BCUT2D eigenvalue weighted by Gasteiger charge is -2.30. The van der Waals surface area contributed by atoms with Crippen molar-refractivity contribution in [2.75, 3.05) is 18.4 Å². The van der Waals surface area contributed by atoms with Gasteiger partial charge in [0, 0.05) is 30.8 Å². The van der Waals surface area contributed by atoms with Crippen molar-refractivity contribution in [3.8, 4) is 0 Å². The Balaban J connectivity index is 1.87. The SMILES string of the molecule is CCNS(=O)(=O)c1ccc(NC(=O)[C@H](Cc2ccccc2)N(CC)C(=O)c2ccc(F)cc2)cc1. The molecule has 0 spiro atoms. The monoisotopic (exact) mass is 497 g/mol. The van der Waals surface area contributed by atoms with Crippen molar-refractivity contribution in [2.45, 2.75) is 31.2 Å². The van der Waals surface area contributed by atoms with Crippen LogP contribution >= 0.6 is 0 Å². The van der Waals surface area contributed by atoms with Crippen molar-refractivity contribution < 1.29 is 22.4 Å². The fraction of sp³-hybridized carbons (Fsp3) is 0.231. The maximum Gasteiger partial charge on any atom is 0.254 e. The zero-order valence-corrected chi connectivity index (χ0v) is 20.4. The predicted octanol–water partition coefficient (Wildman–Crippen LogP) is 3.84. The number of rotatable bonds is 10. The van der Waals surface area contributed by atoms with E-state index in [9.17, 15) is 22.4 Å². The molecule has 0 unspecified atom stereocenters. The van der Waals surface area contributed by atoms with Crippen LogP contribution < -0.4 is 10.0 Å². The molecule has 1 atom stereocenters. The predicted molar refractivity (Wildman–Crippen MR) is 133 cm³/mol. The Morgan fingerprint density at radius 2 is 1.54 bits per heavy atom. The van der Waals surface area contributed by atoms with Crippen molar-refractivity contribution in [1.29, 1.82) is 0 Å². The molecule has 2 amide bonds. The first-order valence-electron chi connectivity index (χ1n) is 11.3. The van der Waals surface area contributed by atoms with Gasteiger partial charge in [-0.25, -0.2) is 17.5 Å². The lowest BCUT2D eigenvalue weighted by molar-refractivity contribution is -0.120. The molecule has 3 rings (SSSR count). The number of sulfonamides is 1. The number of benzene rings is 3. The summed E-state index contributed by atoms with van der Waals surface area (Å²) in [5, 5.41) is 2.80. The van der Waals surface area contributed by atoms with Gasteiger partial charge >= 0.3 is 0 Å². The molecule has 0 saturated heterocycles. The number of anilines is 1. The van der Waals surface area contributed by atoms with Gasteiger partial charge in [-0.3, -0.25) is 9.59 Å². The van der Waals surface area contributed by atoms with E-state index in [-0.39, 0.29) is 30.0 Å². The summed E-state index contributed by atoms with van der Waals surface area (Å²) in [6.45, 7) is 3.97. The largest absolute Gasteiger partial charge is 0.327 e. The number of nitrogens with one attached hydrogen (secondary N) is 2. The first kappa shape index (κ1) is 26.1. The summed E-state index contributed by atoms with van der Waals surface area (Å²) in [5.74, 6) is -1.27. The number of halogens is 1. The number of carbonyl (C=O) groups excluding carboxylic acids is 2. The Morgan fingerprint density at radius 1 is 0.914 bits per heavy atom. The highest BCUT2D eigenvalue weighted by molar-refractivity contribution is 7.89. The maximum atomic E-state index is 13.4. The Labute approximate surface area is 205 Å². The van der Waals surface area contributed by atoms with Crippen LogP contribution in [-0.4, -0.2) is 44.3 Å². The Kier molecular flexibility index (Phi) is 8.73. The highest BCUT2D eigenvalue weighted by Gasteiger charge is 2.30. The minimum atomic E-state index is -3.62. The first-order valence-corrected chi connectivity index (χ1v) is 12.7. The summed E-state index contributed by atoms with van der Waals surface area (Å²) in [5.41, 5.74) is 1.54. The molecule has 0 fully saturated rings. The topological polar surface area (TPSA) is 95.6 Å². The van der Waals surface area contributed by atoms with Gasteiger partial charge in [0.1, 0.15) is 11.9 Å². The molecule has 0 saturated carbocycles.